The van der Waals surface area contributed by atoms with E-state index in [2.05, 4.69) is 15.6 Å². The van der Waals surface area contributed by atoms with Crippen LogP contribution in [-0.4, -0.2) is 38.6 Å². The molecule has 29 heavy (non-hydrogen) atoms. The molecule has 1 saturated heterocycles. The molecule has 2 aliphatic heterocycles. The molecule has 0 unspecified atom stereocenters. The highest BCUT2D eigenvalue weighted by Crippen LogP contribution is 2.56. The molecule has 11 heteroatoms. The van der Waals surface area contributed by atoms with E-state index in [1.165, 1.54) is 11.3 Å². The lowest BCUT2D eigenvalue weighted by atomic mass is 9.99. The molecule has 0 radical (unpaired) electrons. The zero-order chi connectivity index (χ0) is 20.6. The van der Waals surface area contributed by atoms with E-state index in [0.29, 0.717) is 30.0 Å². The minimum absolute atomic E-state index is 0.0147. The Kier molecular flexibility index (Phi) is 5.56. The lowest BCUT2D eigenvalue weighted by Crippen LogP contribution is -2.40. The molecule has 2 aliphatic rings. The second-order valence-corrected chi connectivity index (χ2v) is 10.5. The van der Waals surface area contributed by atoms with Crippen LogP contribution in [0.3, 0.4) is 0 Å². The van der Waals surface area contributed by atoms with Gasteiger partial charge in [-0.3, -0.25) is 9.59 Å². The number of amides is 2. The molecule has 3 heterocycles. The molecule has 4 rings (SSSR count). The van der Waals surface area contributed by atoms with Gasteiger partial charge in [-0.25, -0.2) is 4.98 Å². The van der Waals surface area contributed by atoms with Crippen molar-refractivity contribution in [2.24, 2.45) is 0 Å². The molecule has 1 aromatic carbocycles. The summed E-state index contributed by atoms with van der Waals surface area (Å²) in [5.74, 6) is 0.0346. The van der Waals surface area contributed by atoms with Crippen LogP contribution >= 0.6 is 34.9 Å². The smallest absolute Gasteiger partial charge is 0.326 e. The average molecular weight is 460 g/mol. The number of alkyl halides is 3. The number of benzene rings is 1. The van der Waals surface area contributed by atoms with E-state index in [-0.39, 0.29) is 11.0 Å². The number of nitrogens with one attached hydrogen (secondary N) is 2. The van der Waals surface area contributed by atoms with Crippen molar-refractivity contribution in [1.82, 2.24) is 4.98 Å². The Morgan fingerprint density at radius 2 is 2.00 bits per heavy atom. The maximum Gasteiger partial charge on any atom is 0.412 e. The van der Waals surface area contributed by atoms with Gasteiger partial charge in [-0.05, 0) is 24.1 Å². The van der Waals surface area contributed by atoms with Crippen molar-refractivity contribution in [2.45, 2.75) is 29.5 Å². The third-order valence-corrected chi connectivity index (χ3v) is 8.85. The lowest BCUT2D eigenvalue weighted by molar-refractivity contribution is -0.144. The molecule has 2 N–H and O–H groups in total. The Morgan fingerprint density at radius 3 is 2.72 bits per heavy atom. The number of aryl methyl sites for hydroxylation is 1. The standard InChI is InChI=1S/C18H16F3N3O2S3/c19-18(20,21)17(28-5-6-29-17)8-15(26)24-16-23-13(9-27-16)11-1-3-12-10(7-11)2-4-14(25)22-12/h1,3,7,9H,2,4-6,8H2,(H,22,25)(H,23,24,26). The van der Waals surface area contributed by atoms with Crippen LogP contribution in [0.25, 0.3) is 11.3 Å². The topological polar surface area (TPSA) is 71.1 Å². The Morgan fingerprint density at radius 1 is 1.24 bits per heavy atom. The van der Waals surface area contributed by atoms with Gasteiger partial charge in [-0.1, -0.05) is 6.07 Å². The van der Waals surface area contributed by atoms with Gasteiger partial charge >= 0.3 is 6.18 Å². The van der Waals surface area contributed by atoms with E-state index in [9.17, 15) is 22.8 Å². The first kappa shape index (κ1) is 20.5. The van der Waals surface area contributed by atoms with Gasteiger partial charge in [0.25, 0.3) is 0 Å². The highest BCUT2D eigenvalue weighted by atomic mass is 32.2. The third kappa shape index (κ3) is 4.26. The van der Waals surface area contributed by atoms with Crippen LogP contribution in [0.1, 0.15) is 18.4 Å². The van der Waals surface area contributed by atoms with E-state index in [0.717, 1.165) is 40.3 Å². The van der Waals surface area contributed by atoms with E-state index < -0.39 is 22.6 Å². The van der Waals surface area contributed by atoms with Crippen LogP contribution in [0, 0.1) is 0 Å². The van der Waals surface area contributed by atoms with Crippen LogP contribution in [0.2, 0.25) is 0 Å². The molecular weight excluding hydrogens is 443 g/mol. The zero-order valence-corrected chi connectivity index (χ0v) is 17.4. The van der Waals surface area contributed by atoms with Crippen molar-refractivity contribution >= 4 is 57.5 Å². The first-order chi connectivity index (χ1) is 13.8. The van der Waals surface area contributed by atoms with Crippen LogP contribution < -0.4 is 10.6 Å². The number of anilines is 2. The third-order valence-electron chi connectivity index (χ3n) is 4.63. The van der Waals surface area contributed by atoms with Crippen molar-refractivity contribution in [2.75, 3.05) is 22.1 Å². The van der Waals surface area contributed by atoms with Crippen LogP contribution in [0.15, 0.2) is 23.6 Å². The average Bonchev–Trinajstić information content (AvgIpc) is 3.31. The van der Waals surface area contributed by atoms with Gasteiger partial charge in [-0.2, -0.15) is 13.2 Å². The second kappa shape index (κ2) is 7.84. The Bertz CT molecular complexity index is 955. The highest BCUT2D eigenvalue weighted by molar-refractivity contribution is 8.21. The molecule has 0 bridgehead atoms. The first-order valence-corrected chi connectivity index (χ1v) is 11.6. The molecular formula is C18H16F3N3O2S3. The predicted molar refractivity (Wildman–Crippen MR) is 111 cm³/mol. The highest BCUT2D eigenvalue weighted by Gasteiger charge is 2.58. The Balaban J connectivity index is 1.46. The number of thioether (sulfide) groups is 2. The molecule has 0 aliphatic carbocycles. The van der Waals surface area contributed by atoms with Gasteiger partial charge < -0.3 is 10.6 Å². The number of aromatic nitrogens is 1. The van der Waals surface area contributed by atoms with Gasteiger partial charge in [0.1, 0.15) is 0 Å². The summed E-state index contributed by atoms with van der Waals surface area (Å²) in [6, 6.07) is 5.55. The summed E-state index contributed by atoms with van der Waals surface area (Å²) in [5, 5.41) is 7.33. The van der Waals surface area contributed by atoms with Crippen molar-refractivity contribution in [3.63, 3.8) is 0 Å². The minimum Gasteiger partial charge on any atom is -0.326 e. The quantitative estimate of drug-likeness (QED) is 0.690. The second-order valence-electron chi connectivity index (χ2n) is 6.63. The molecule has 154 valence electrons. The Labute approximate surface area is 177 Å². The first-order valence-electron chi connectivity index (χ1n) is 8.79. The van der Waals surface area contributed by atoms with Crippen LogP contribution in [0.5, 0.6) is 0 Å². The van der Waals surface area contributed by atoms with E-state index >= 15 is 0 Å². The maximum absolute atomic E-state index is 13.4. The number of fused-ring (bicyclic) bond motifs is 1. The monoisotopic (exact) mass is 459 g/mol. The zero-order valence-electron chi connectivity index (χ0n) is 15.0. The molecule has 0 spiro atoms. The van der Waals surface area contributed by atoms with Crippen molar-refractivity contribution in [3.05, 3.63) is 29.1 Å². The summed E-state index contributed by atoms with van der Waals surface area (Å²) in [6.07, 6.45) is -4.04. The largest absolute Gasteiger partial charge is 0.412 e. The normalized spacial score (nSPS) is 18.2. The SMILES string of the molecule is O=C(CC1(C(F)(F)F)SCCS1)Nc1nc(-c2ccc3c(c2)CCC(=O)N3)cs1. The molecule has 5 nitrogen and oxygen atoms in total. The number of hydrogen-bond acceptors (Lipinski definition) is 6. The maximum atomic E-state index is 13.4. The molecule has 0 atom stereocenters. The van der Waals surface area contributed by atoms with E-state index in [1.54, 1.807) is 11.4 Å². The van der Waals surface area contributed by atoms with E-state index in [4.69, 9.17) is 0 Å². The molecule has 2 amide bonds. The summed E-state index contributed by atoms with van der Waals surface area (Å²) < 4.78 is 38.2. The van der Waals surface area contributed by atoms with E-state index in [1.807, 2.05) is 12.1 Å². The van der Waals surface area contributed by atoms with Crippen LogP contribution in [0.4, 0.5) is 24.0 Å². The van der Waals surface area contributed by atoms with Gasteiger partial charge in [-0.15, -0.1) is 34.9 Å². The van der Waals surface area contributed by atoms with Crippen molar-refractivity contribution in [1.29, 1.82) is 0 Å². The summed E-state index contributed by atoms with van der Waals surface area (Å²) in [7, 11) is 0. The fourth-order valence-electron chi connectivity index (χ4n) is 3.20. The lowest BCUT2D eigenvalue weighted by Gasteiger charge is -2.28. The Hall–Kier alpha value is -1.72. The number of hydrogen-bond donors (Lipinski definition) is 2. The minimum atomic E-state index is -4.46. The number of carbonyl (C=O) groups excluding carboxylic acids is 2. The fraction of sp³-hybridized carbons (Fsp3) is 0.389. The number of carbonyl (C=O) groups is 2. The summed E-state index contributed by atoms with van der Waals surface area (Å²) in [4.78, 5) is 28.1. The number of thiazole rings is 1. The predicted octanol–water partition coefficient (Wildman–Crippen LogP) is 4.76. The molecule has 1 fully saturated rings. The number of halogens is 3. The summed E-state index contributed by atoms with van der Waals surface area (Å²) >= 11 is 2.73. The summed E-state index contributed by atoms with van der Waals surface area (Å²) in [6.45, 7) is 0. The van der Waals surface area contributed by atoms with Gasteiger partial charge in [0, 0.05) is 34.6 Å². The van der Waals surface area contributed by atoms with Crippen molar-refractivity contribution < 1.29 is 22.8 Å². The van der Waals surface area contributed by atoms with Crippen molar-refractivity contribution in [3.8, 4) is 11.3 Å². The summed E-state index contributed by atoms with van der Waals surface area (Å²) in [5.41, 5.74) is 3.23. The molecule has 1 aromatic heterocycles. The van der Waals surface area contributed by atoms with Gasteiger partial charge in [0.05, 0.1) is 12.1 Å². The number of nitrogens with zero attached hydrogens (tertiary/aromatic N) is 1. The van der Waals surface area contributed by atoms with Gasteiger partial charge in [0.2, 0.25) is 11.8 Å². The van der Waals surface area contributed by atoms with Crippen LogP contribution in [-0.2, 0) is 16.0 Å². The molecule has 2 aromatic rings. The van der Waals surface area contributed by atoms with Gasteiger partial charge in [0.15, 0.2) is 9.21 Å². The fourth-order valence-corrected chi connectivity index (χ4v) is 6.89. The molecule has 0 saturated carbocycles. The number of rotatable bonds is 4.